The van der Waals surface area contributed by atoms with E-state index in [1.807, 2.05) is 37.3 Å². The van der Waals surface area contributed by atoms with Crippen LogP contribution < -0.4 is 5.32 Å². The second-order valence-corrected chi connectivity index (χ2v) is 7.42. The Bertz CT molecular complexity index is 817. The first-order valence-corrected chi connectivity index (χ1v) is 9.78. The topological polar surface area (TPSA) is 58.6 Å². The maximum atomic E-state index is 11.9. The molecule has 2 atom stereocenters. The van der Waals surface area contributed by atoms with Crippen LogP contribution in [0.5, 0.6) is 0 Å². The summed E-state index contributed by atoms with van der Waals surface area (Å²) in [7, 11) is 0. The summed E-state index contributed by atoms with van der Waals surface area (Å²) in [5.74, 6) is 0. The summed E-state index contributed by atoms with van der Waals surface area (Å²) < 4.78 is 4.97. The van der Waals surface area contributed by atoms with Crippen LogP contribution in [0.3, 0.4) is 0 Å². The molecule has 0 bridgehead atoms. The fraction of sp³-hybridized carbons (Fsp3) is 0.435. The minimum absolute atomic E-state index is 0.0863. The average Bonchev–Trinajstić information content (AvgIpc) is 2.77. The molecule has 0 radical (unpaired) electrons. The molecule has 1 aliphatic carbocycles. The summed E-state index contributed by atoms with van der Waals surface area (Å²) >= 11 is 0. The maximum Gasteiger partial charge on any atom is 0.407 e. The Morgan fingerprint density at radius 1 is 1.19 bits per heavy atom. The zero-order valence-electron chi connectivity index (χ0n) is 16.4. The molecule has 2 N–H and O–H groups in total. The van der Waals surface area contributed by atoms with Crippen molar-refractivity contribution in [2.75, 3.05) is 6.61 Å². The Balaban J connectivity index is 1.92. The molecule has 2 unspecified atom stereocenters. The lowest BCUT2D eigenvalue weighted by molar-refractivity contribution is 0.0645. The summed E-state index contributed by atoms with van der Waals surface area (Å²) in [5, 5.41) is 14.8. The van der Waals surface area contributed by atoms with Crippen molar-refractivity contribution >= 4 is 6.09 Å². The third kappa shape index (κ3) is 4.01. The zero-order valence-corrected chi connectivity index (χ0v) is 16.4. The van der Waals surface area contributed by atoms with E-state index >= 15 is 0 Å². The van der Waals surface area contributed by atoms with Gasteiger partial charge in [0.15, 0.2) is 0 Å². The SMILES string of the molecule is CCOC(=O)NC(C)CCC1(O)c2ccccc2CCc2c(C)cccc21. The van der Waals surface area contributed by atoms with Gasteiger partial charge in [0.25, 0.3) is 0 Å². The highest BCUT2D eigenvalue weighted by molar-refractivity contribution is 5.67. The molecule has 0 spiro atoms. The van der Waals surface area contributed by atoms with Gasteiger partial charge >= 0.3 is 6.09 Å². The van der Waals surface area contributed by atoms with Crippen LogP contribution in [0.1, 0.15) is 54.5 Å². The Hall–Kier alpha value is -2.33. The van der Waals surface area contributed by atoms with Gasteiger partial charge in [-0.1, -0.05) is 42.5 Å². The molecule has 4 nitrogen and oxygen atoms in total. The van der Waals surface area contributed by atoms with Gasteiger partial charge in [0, 0.05) is 6.04 Å². The van der Waals surface area contributed by atoms with E-state index in [1.54, 1.807) is 6.92 Å². The zero-order chi connectivity index (χ0) is 19.4. The van der Waals surface area contributed by atoms with Gasteiger partial charge in [0.1, 0.15) is 5.60 Å². The standard InChI is InChI=1S/C23H29NO3/c1-4-27-22(25)24-17(3)14-15-23(26)20-10-6-5-9-18(20)12-13-19-16(2)8-7-11-21(19)23/h5-11,17,26H,4,12-15H2,1-3H3,(H,24,25). The number of nitrogens with one attached hydrogen (secondary N) is 1. The molecule has 1 aliphatic rings. The highest BCUT2D eigenvalue weighted by atomic mass is 16.5. The third-order valence-corrected chi connectivity index (χ3v) is 5.54. The van der Waals surface area contributed by atoms with E-state index in [1.165, 1.54) is 16.7 Å². The number of hydrogen-bond donors (Lipinski definition) is 2. The van der Waals surface area contributed by atoms with Crippen molar-refractivity contribution in [3.8, 4) is 0 Å². The van der Waals surface area contributed by atoms with E-state index in [-0.39, 0.29) is 6.04 Å². The molecule has 1 amide bonds. The van der Waals surface area contributed by atoms with E-state index in [0.29, 0.717) is 19.4 Å². The van der Waals surface area contributed by atoms with Gasteiger partial charge in [-0.25, -0.2) is 4.79 Å². The normalized spacial score (nSPS) is 19.4. The molecule has 0 saturated heterocycles. The van der Waals surface area contributed by atoms with Crippen molar-refractivity contribution in [1.82, 2.24) is 5.32 Å². The molecular weight excluding hydrogens is 338 g/mol. The minimum atomic E-state index is -1.06. The summed E-state index contributed by atoms with van der Waals surface area (Å²) in [6, 6.07) is 14.3. The quantitative estimate of drug-likeness (QED) is 0.831. The molecular formula is C23H29NO3. The van der Waals surface area contributed by atoms with Crippen LogP contribution in [0, 0.1) is 6.92 Å². The van der Waals surface area contributed by atoms with Crippen LogP contribution in [0.25, 0.3) is 0 Å². The van der Waals surface area contributed by atoms with Gasteiger partial charge in [-0.05, 0) is 74.3 Å². The lowest BCUT2D eigenvalue weighted by atomic mass is 9.79. The number of alkyl carbamates (subject to hydrolysis) is 1. The van der Waals surface area contributed by atoms with E-state index in [2.05, 4.69) is 24.4 Å². The number of aliphatic hydroxyl groups is 1. The van der Waals surface area contributed by atoms with Crippen LogP contribution in [-0.2, 0) is 23.2 Å². The molecule has 0 fully saturated rings. The van der Waals surface area contributed by atoms with Gasteiger partial charge in [-0.3, -0.25) is 0 Å². The minimum Gasteiger partial charge on any atom is -0.450 e. The Morgan fingerprint density at radius 2 is 1.93 bits per heavy atom. The number of aryl methyl sites for hydroxylation is 2. The summed E-state index contributed by atoms with van der Waals surface area (Å²) in [6.07, 6.45) is 2.63. The van der Waals surface area contributed by atoms with Crippen molar-refractivity contribution in [3.63, 3.8) is 0 Å². The van der Waals surface area contributed by atoms with Crippen molar-refractivity contribution < 1.29 is 14.6 Å². The number of rotatable bonds is 5. The van der Waals surface area contributed by atoms with Gasteiger partial charge in [-0.15, -0.1) is 0 Å². The fourth-order valence-corrected chi connectivity index (χ4v) is 4.11. The largest absolute Gasteiger partial charge is 0.450 e. The van der Waals surface area contributed by atoms with Gasteiger partial charge in [0.2, 0.25) is 0 Å². The van der Waals surface area contributed by atoms with E-state index in [9.17, 15) is 9.90 Å². The summed E-state index contributed by atoms with van der Waals surface area (Å²) in [4.78, 5) is 11.7. The third-order valence-electron chi connectivity index (χ3n) is 5.54. The van der Waals surface area contributed by atoms with E-state index < -0.39 is 11.7 Å². The number of benzene rings is 2. The molecule has 27 heavy (non-hydrogen) atoms. The van der Waals surface area contributed by atoms with E-state index in [4.69, 9.17) is 4.74 Å². The molecule has 2 aromatic carbocycles. The summed E-state index contributed by atoms with van der Waals surface area (Å²) in [6.45, 7) is 6.19. The monoisotopic (exact) mass is 367 g/mol. The second-order valence-electron chi connectivity index (χ2n) is 7.42. The fourth-order valence-electron chi connectivity index (χ4n) is 4.11. The predicted octanol–water partition coefficient (Wildman–Crippen LogP) is 4.24. The molecule has 2 aromatic rings. The number of hydrogen-bond acceptors (Lipinski definition) is 3. The molecule has 0 aliphatic heterocycles. The van der Waals surface area contributed by atoms with Gasteiger partial charge in [0.05, 0.1) is 6.61 Å². The first kappa shape index (κ1) is 19.4. The molecule has 0 saturated carbocycles. The molecule has 3 rings (SSSR count). The average molecular weight is 367 g/mol. The summed E-state index contributed by atoms with van der Waals surface area (Å²) in [5.41, 5.74) is 4.58. The van der Waals surface area contributed by atoms with Crippen LogP contribution >= 0.6 is 0 Å². The molecule has 0 aromatic heterocycles. The Morgan fingerprint density at radius 3 is 2.70 bits per heavy atom. The first-order valence-electron chi connectivity index (χ1n) is 9.78. The lowest BCUT2D eigenvalue weighted by Gasteiger charge is -2.32. The van der Waals surface area contributed by atoms with Crippen molar-refractivity contribution in [2.45, 2.75) is 58.1 Å². The van der Waals surface area contributed by atoms with E-state index in [0.717, 1.165) is 24.0 Å². The highest BCUT2D eigenvalue weighted by Gasteiger charge is 2.37. The van der Waals surface area contributed by atoms with Crippen LogP contribution in [0.2, 0.25) is 0 Å². The second kappa shape index (κ2) is 8.13. The smallest absolute Gasteiger partial charge is 0.407 e. The maximum absolute atomic E-state index is 11.9. The molecule has 0 heterocycles. The molecule has 144 valence electrons. The number of amides is 1. The number of carbonyl (C=O) groups excluding carboxylic acids is 1. The van der Waals surface area contributed by atoms with Crippen molar-refractivity contribution in [3.05, 3.63) is 70.3 Å². The number of carbonyl (C=O) groups is 1. The lowest BCUT2D eigenvalue weighted by Crippen LogP contribution is -2.36. The Labute approximate surface area is 161 Å². The highest BCUT2D eigenvalue weighted by Crippen LogP contribution is 2.41. The number of ether oxygens (including phenoxy) is 1. The van der Waals surface area contributed by atoms with Crippen LogP contribution in [0.15, 0.2) is 42.5 Å². The predicted molar refractivity (Wildman–Crippen MR) is 107 cm³/mol. The van der Waals surface area contributed by atoms with Crippen molar-refractivity contribution in [1.29, 1.82) is 0 Å². The van der Waals surface area contributed by atoms with Gasteiger partial charge in [-0.2, -0.15) is 0 Å². The number of fused-ring (bicyclic) bond motifs is 2. The van der Waals surface area contributed by atoms with Crippen LogP contribution in [0.4, 0.5) is 4.79 Å². The molecule has 4 heteroatoms. The first-order chi connectivity index (χ1) is 13.0. The Kier molecular flexibility index (Phi) is 5.85. The van der Waals surface area contributed by atoms with Gasteiger partial charge < -0.3 is 15.2 Å². The van der Waals surface area contributed by atoms with Crippen molar-refractivity contribution in [2.24, 2.45) is 0 Å². The van der Waals surface area contributed by atoms with Crippen LogP contribution in [-0.4, -0.2) is 23.8 Å².